The number of fused-ring (bicyclic) bond motifs is 1. The van der Waals surface area contributed by atoms with E-state index in [9.17, 15) is 13.0 Å². The van der Waals surface area contributed by atoms with E-state index in [-0.39, 0.29) is 6.42 Å². The molecule has 0 bridgehead atoms. The van der Waals surface area contributed by atoms with Crippen molar-refractivity contribution in [1.29, 1.82) is 0 Å². The molecule has 1 aromatic heterocycles. The van der Waals surface area contributed by atoms with Crippen molar-refractivity contribution in [2.24, 2.45) is 0 Å². The lowest BCUT2D eigenvalue weighted by atomic mass is 10.1. The van der Waals surface area contributed by atoms with Gasteiger partial charge in [-0.2, -0.15) is 8.42 Å². The number of rotatable bonds is 6. The Kier molecular flexibility index (Phi) is 5.34. The Morgan fingerprint density at radius 2 is 1.83 bits per heavy atom. The van der Waals surface area contributed by atoms with E-state index in [2.05, 4.69) is 20.9 Å². The summed E-state index contributed by atoms with van der Waals surface area (Å²) in [6, 6.07) is 15.3. The van der Waals surface area contributed by atoms with E-state index in [0.29, 0.717) is 12.8 Å². The molecule has 1 atom stereocenters. The van der Waals surface area contributed by atoms with E-state index in [4.69, 9.17) is 0 Å². The zero-order chi connectivity index (χ0) is 17.2. The smallest absolute Gasteiger partial charge is 0.268 e. The number of halogens is 1. The van der Waals surface area contributed by atoms with Crippen LogP contribution in [0.15, 0.2) is 53.0 Å². The maximum Gasteiger partial charge on any atom is 0.268 e. The van der Waals surface area contributed by atoms with Crippen molar-refractivity contribution in [3.05, 3.63) is 63.6 Å². The van der Waals surface area contributed by atoms with Crippen LogP contribution in [0.3, 0.4) is 0 Å². The van der Waals surface area contributed by atoms with Crippen molar-refractivity contribution >= 4 is 47.6 Å². The van der Waals surface area contributed by atoms with Gasteiger partial charge in [0.15, 0.2) is 0 Å². The van der Waals surface area contributed by atoms with E-state index >= 15 is 0 Å². The first-order valence-corrected chi connectivity index (χ1v) is 10.6. The second kappa shape index (κ2) is 7.31. The van der Waals surface area contributed by atoms with E-state index in [1.807, 2.05) is 48.5 Å². The highest BCUT2D eigenvalue weighted by molar-refractivity contribution is 9.10. The molecule has 0 aliphatic rings. The van der Waals surface area contributed by atoms with E-state index in [0.717, 1.165) is 25.3 Å². The number of hydrogen-bond acceptors (Lipinski definition) is 4. The lowest BCUT2D eigenvalue weighted by molar-refractivity contribution is 0.460. The summed E-state index contributed by atoms with van der Waals surface area (Å²) < 4.78 is 35.0. The zero-order valence-electron chi connectivity index (χ0n) is 12.7. The molecule has 1 heterocycles. The molecule has 0 aliphatic carbocycles. The van der Waals surface area contributed by atoms with E-state index in [1.165, 1.54) is 0 Å². The molecule has 3 rings (SSSR count). The molecule has 0 fully saturated rings. The number of benzene rings is 2. The standard InChI is InChI=1S/C17H16BrNO3S2/c18-13-7-5-12(6-8-13)11-14(24(20,21)22)9-10-17-19-15-3-1-2-4-16(15)23-17/h1-8,14H,9-11H2,(H,20,21,22). The van der Waals surface area contributed by atoms with E-state index in [1.54, 1.807) is 11.3 Å². The van der Waals surface area contributed by atoms with Crippen LogP contribution >= 0.6 is 27.3 Å². The molecule has 0 saturated heterocycles. The van der Waals surface area contributed by atoms with Gasteiger partial charge in [0.05, 0.1) is 20.5 Å². The predicted octanol–water partition coefficient (Wildman–Crippen LogP) is 4.49. The highest BCUT2D eigenvalue weighted by Crippen LogP contribution is 2.24. The van der Waals surface area contributed by atoms with Crippen LogP contribution in [0, 0.1) is 0 Å². The molecule has 7 heteroatoms. The second-order valence-electron chi connectivity index (χ2n) is 5.58. The van der Waals surface area contributed by atoms with E-state index < -0.39 is 15.4 Å². The van der Waals surface area contributed by atoms with Crippen LogP contribution in [-0.4, -0.2) is 23.2 Å². The molecule has 126 valence electrons. The molecule has 0 saturated carbocycles. The van der Waals surface area contributed by atoms with Crippen LogP contribution in [-0.2, 0) is 23.0 Å². The summed E-state index contributed by atoms with van der Waals surface area (Å²) in [6.07, 6.45) is 1.16. The molecule has 1 unspecified atom stereocenters. The van der Waals surface area contributed by atoms with Gasteiger partial charge in [0, 0.05) is 10.9 Å². The topological polar surface area (TPSA) is 67.3 Å². The minimum absolute atomic E-state index is 0.289. The second-order valence-corrected chi connectivity index (χ2v) is 9.31. The van der Waals surface area contributed by atoms with Crippen LogP contribution in [0.25, 0.3) is 10.2 Å². The molecule has 0 amide bonds. The first-order chi connectivity index (χ1) is 11.4. The van der Waals surface area contributed by atoms with Gasteiger partial charge >= 0.3 is 0 Å². The average molecular weight is 426 g/mol. The van der Waals surface area contributed by atoms with Gasteiger partial charge in [-0.15, -0.1) is 11.3 Å². The summed E-state index contributed by atoms with van der Waals surface area (Å²) in [5, 5.41) is 0.0614. The van der Waals surface area contributed by atoms with Crippen molar-refractivity contribution in [2.75, 3.05) is 0 Å². The Morgan fingerprint density at radius 1 is 1.12 bits per heavy atom. The summed E-state index contributed by atoms with van der Waals surface area (Å²) in [6.45, 7) is 0. The molecular formula is C17H16BrNO3S2. The van der Waals surface area contributed by atoms with Crippen molar-refractivity contribution in [3.8, 4) is 0 Å². The molecule has 0 spiro atoms. The molecule has 2 aromatic carbocycles. The third-order valence-electron chi connectivity index (χ3n) is 3.82. The average Bonchev–Trinajstić information content (AvgIpc) is 2.95. The number of hydrogen-bond donors (Lipinski definition) is 1. The molecule has 24 heavy (non-hydrogen) atoms. The first kappa shape index (κ1) is 17.5. The van der Waals surface area contributed by atoms with Gasteiger partial charge in [-0.05, 0) is 42.7 Å². The molecule has 1 N–H and O–H groups in total. The van der Waals surface area contributed by atoms with Crippen LogP contribution in [0.5, 0.6) is 0 Å². The van der Waals surface area contributed by atoms with Crippen molar-refractivity contribution in [1.82, 2.24) is 4.98 Å². The summed E-state index contributed by atoms with van der Waals surface area (Å²) in [4.78, 5) is 4.52. The number of thiazole rings is 1. The summed E-state index contributed by atoms with van der Waals surface area (Å²) in [7, 11) is -4.11. The van der Waals surface area contributed by atoms with Crippen LogP contribution in [0.2, 0.25) is 0 Å². The Labute approximate surface area is 153 Å². The van der Waals surface area contributed by atoms with Gasteiger partial charge in [-0.1, -0.05) is 40.2 Å². The minimum Gasteiger partial charge on any atom is -0.285 e. The lowest BCUT2D eigenvalue weighted by Crippen LogP contribution is -2.23. The van der Waals surface area contributed by atoms with Gasteiger partial charge in [0.1, 0.15) is 0 Å². The van der Waals surface area contributed by atoms with Crippen LogP contribution < -0.4 is 0 Å². The molecule has 3 aromatic rings. The molecule has 0 aliphatic heterocycles. The molecule has 4 nitrogen and oxygen atoms in total. The Bertz CT molecular complexity index is 903. The fraction of sp³-hybridized carbons (Fsp3) is 0.235. The number of aromatic nitrogens is 1. The fourth-order valence-electron chi connectivity index (χ4n) is 2.55. The van der Waals surface area contributed by atoms with Gasteiger partial charge in [-0.3, -0.25) is 4.55 Å². The van der Waals surface area contributed by atoms with Gasteiger partial charge < -0.3 is 0 Å². The summed E-state index contributed by atoms with van der Waals surface area (Å²) in [5.41, 5.74) is 1.80. The Morgan fingerprint density at radius 3 is 2.50 bits per heavy atom. The summed E-state index contributed by atoms with van der Waals surface area (Å²) in [5.74, 6) is 0. The molecular weight excluding hydrogens is 410 g/mol. The van der Waals surface area contributed by atoms with Crippen molar-refractivity contribution < 1.29 is 13.0 Å². The highest BCUT2D eigenvalue weighted by atomic mass is 79.9. The van der Waals surface area contributed by atoms with Gasteiger partial charge in [0.2, 0.25) is 0 Å². The van der Waals surface area contributed by atoms with Gasteiger partial charge in [0.25, 0.3) is 10.1 Å². The normalized spacial score (nSPS) is 13.2. The third-order valence-corrected chi connectivity index (χ3v) is 6.69. The molecule has 0 radical (unpaired) electrons. The summed E-state index contributed by atoms with van der Waals surface area (Å²) >= 11 is 4.92. The predicted molar refractivity (Wildman–Crippen MR) is 101 cm³/mol. The zero-order valence-corrected chi connectivity index (χ0v) is 15.9. The minimum atomic E-state index is -4.11. The fourth-order valence-corrected chi connectivity index (χ4v) is 4.62. The Balaban J connectivity index is 1.73. The largest absolute Gasteiger partial charge is 0.285 e. The Hall–Kier alpha value is -1.28. The number of nitrogens with zero attached hydrogens (tertiary/aromatic N) is 1. The number of aryl methyl sites for hydroxylation is 1. The maximum atomic E-state index is 11.7. The maximum absolute atomic E-state index is 11.7. The monoisotopic (exact) mass is 425 g/mol. The SMILES string of the molecule is O=S(=O)(O)C(CCc1nc2ccccc2s1)Cc1ccc(Br)cc1. The van der Waals surface area contributed by atoms with Crippen molar-refractivity contribution in [2.45, 2.75) is 24.5 Å². The quantitative estimate of drug-likeness (QED) is 0.590. The van der Waals surface area contributed by atoms with Crippen LogP contribution in [0.4, 0.5) is 0 Å². The first-order valence-electron chi connectivity index (χ1n) is 7.47. The van der Waals surface area contributed by atoms with Crippen molar-refractivity contribution in [3.63, 3.8) is 0 Å². The number of para-hydroxylation sites is 1. The van der Waals surface area contributed by atoms with Gasteiger partial charge in [-0.25, -0.2) is 4.98 Å². The van der Waals surface area contributed by atoms with Crippen LogP contribution in [0.1, 0.15) is 17.0 Å². The lowest BCUT2D eigenvalue weighted by Gasteiger charge is -2.13. The third kappa shape index (κ3) is 4.42. The highest BCUT2D eigenvalue weighted by Gasteiger charge is 2.23.